The molecule has 1 unspecified atom stereocenters. The molecule has 1 N–H and O–H groups in total. The maximum atomic E-state index is 6.04. The molecule has 3 rings (SSSR count). The third kappa shape index (κ3) is 3.41. The van der Waals surface area contributed by atoms with Gasteiger partial charge in [-0.15, -0.1) is 0 Å². The number of rotatable bonds is 5. The van der Waals surface area contributed by atoms with Crippen LogP contribution in [0, 0.1) is 5.92 Å². The van der Waals surface area contributed by atoms with Gasteiger partial charge in [-0.3, -0.25) is 0 Å². The molecule has 0 spiro atoms. The first-order valence-corrected chi connectivity index (χ1v) is 8.46. The van der Waals surface area contributed by atoms with Crippen LogP contribution in [0.3, 0.4) is 0 Å². The molecule has 1 aromatic carbocycles. The van der Waals surface area contributed by atoms with E-state index in [1.165, 1.54) is 11.1 Å². The van der Waals surface area contributed by atoms with Crippen LogP contribution in [-0.2, 0) is 11.2 Å². The predicted molar refractivity (Wildman–Crippen MR) is 84.8 cm³/mol. The molecule has 2 aliphatic heterocycles. The molecule has 1 atom stereocenters. The molecular formula is C18H27NO2. The summed E-state index contributed by atoms with van der Waals surface area (Å²) in [5.74, 6) is 1.81. The number of hydrogen-bond donors (Lipinski definition) is 1. The number of hydrogen-bond acceptors (Lipinski definition) is 3. The van der Waals surface area contributed by atoms with Crippen molar-refractivity contribution in [2.24, 2.45) is 5.92 Å². The summed E-state index contributed by atoms with van der Waals surface area (Å²) in [4.78, 5) is 0. The molecule has 116 valence electrons. The van der Waals surface area contributed by atoms with Crippen LogP contribution >= 0.6 is 0 Å². The molecule has 1 aromatic rings. The molecule has 1 fully saturated rings. The van der Waals surface area contributed by atoms with Gasteiger partial charge in [0.1, 0.15) is 5.75 Å². The van der Waals surface area contributed by atoms with Crippen LogP contribution in [0.2, 0.25) is 0 Å². The van der Waals surface area contributed by atoms with Crippen LogP contribution in [0.25, 0.3) is 0 Å². The average Bonchev–Trinajstić information content (AvgIpc) is 2.56. The first kappa shape index (κ1) is 14.9. The third-order valence-electron chi connectivity index (χ3n) is 4.65. The fourth-order valence-corrected chi connectivity index (χ4v) is 3.54. The first-order valence-electron chi connectivity index (χ1n) is 8.46. The van der Waals surface area contributed by atoms with Crippen molar-refractivity contribution in [1.82, 2.24) is 5.32 Å². The highest BCUT2D eigenvalue weighted by Gasteiger charge is 2.28. The normalized spacial score (nSPS) is 20.6. The molecule has 0 radical (unpaired) electrons. The minimum absolute atomic E-state index is 0.405. The number of fused-ring (bicyclic) bond motifs is 1. The Balaban J connectivity index is 1.87. The molecule has 1 saturated heterocycles. The zero-order valence-electron chi connectivity index (χ0n) is 13.1. The van der Waals surface area contributed by atoms with E-state index in [0.29, 0.717) is 12.0 Å². The summed E-state index contributed by atoms with van der Waals surface area (Å²) >= 11 is 0. The third-order valence-corrected chi connectivity index (χ3v) is 4.65. The standard InChI is InChI=1S/C18H27NO2/c1-2-10-19-17(14-8-12-20-13-9-14)16-7-3-5-15-6-4-11-21-18(15)16/h3,5,7,14,17,19H,2,4,6,8-13H2,1H3. The quantitative estimate of drug-likeness (QED) is 0.900. The van der Waals surface area contributed by atoms with Crippen molar-refractivity contribution in [1.29, 1.82) is 0 Å². The fraction of sp³-hybridized carbons (Fsp3) is 0.667. The highest BCUT2D eigenvalue weighted by molar-refractivity contribution is 5.44. The Morgan fingerprint density at radius 1 is 1.24 bits per heavy atom. The van der Waals surface area contributed by atoms with Crippen LogP contribution in [0.4, 0.5) is 0 Å². The van der Waals surface area contributed by atoms with E-state index in [1.807, 2.05) is 0 Å². The van der Waals surface area contributed by atoms with Crippen LogP contribution in [0.5, 0.6) is 5.75 Å². The lowest BCUT2D eigenvalue weighted by atomic mass is 9.85. The van der Waals surface area contributed by atoms with E-state index in [4.69, 9.17) is 9.47 Å². The van der Waals surface area contributed by atoms with Crippen molar-refractivity contribution < 1.29 is 9.47 Å². The highest BCUT2D eigenvalue weighted by Crippen LogP contribution is 2.38. The number of aryl methyl sites for hydroxylation is 1. The van der Waals surface area contributed by atoms with Crippen LogP contribution < -0.4 is 10.1 Å². The van der Waals surface area contributed by atoms with Crippen molar-refractivity contribution in [2.45, 2.75) is 45.1 Å². The van der Waals surface area contributed by atoms with Crippen LogP contribution in [0.1, 0.15) is 49.8 Å². The molecule has 21 heavy (non-hydrogen) atoms. The summed E-state index contributed by atoms with van der Waals surface area (Å²) in [6.45, 7) is 5.94. The van der Waals surface area contributed by atoms with Crippen LogP contribution in [-0.4, -0.2) is 26.4 Å². The fourth-order valence-electron chi connectivity index (χ4n) is 3.54. The molecule has 0 saturated carbocycles. The predicted octanol–water partition coefficient (Wildman–Crippen LogP) is 3.48. The van der Waals surface area contributed by atoms with Gasteiger partial charge >= 0.3 is 0 Å². The van der Waals surface area contributed by atoms with Crippen molar-refractivity contribution >= 4 is 0 Å². The van der Waals surface area contributed by atoms with Gasteiger partial charge in [-0.1, -0.05) is 25.1 Å². The van der Waals surface area contributed by atoms with E-state index >= 15 is 0 Å². The van der Waals surface area contributed by atoms with E-state index in [1.54, 1.807) is 0 Å². The van der Waals surface area contributed by atoms with Gasteiger partial charge in [-0.2, -0.15) is 0 Å². The summed E-state index contributed by atoms with van der Waals surface area (Å²) in [6.07, 6.45) is 5.74. The number of nitrogens with one attached hydrogen (secondary N) is 1. The zero-order valence-corrected chi connectivity index (χ0v) is 13.1. The van der Waals surface area contributed by atoms with E-state index in [2.05, 4.69) is 30.4 Å². The van der Waals surface area contributed by atoms with Gasteiger partial charge in [0.2, 0.25) is 0 Å². The lowest BCUT2D eigenvalue weighted by molar-refractivity contribution is 0.0531. The van der Waals surface area contributed by atoms with Gasteiger partial charge in [0.05, 0.1) is 6.61 Å². The zero-order chi connectivity index (χ0) is 14.5. The van der Waals surface area contributed by atoms with Gasteiger partial charge in [0, 0.05) is 24.8 Å². The van der Waals surface area contributed by atoms with E-state index in [0.717, 1.165) is 64.2 Å². The van der Waals surface area contributed by atoms with Gasteiger partial charge < -0.3 is 14.8 Å². The van der Waals surface area contributed by atoms with Crippen LogP contribution in [0.15, 0.2) is 18.2 Å². The van der Waals surface area contributed by atoms with Gasteiger partial charge in [0.15, 0.2) is 0 Å². The Morgan fingerprint density at radius 2 is 2.10 bits per heavy atom. The summed E-state index contributed by atoms with van der Waals surface area (Å²) in [5, 5.41) is 3.77. The molecule has 0 aromatic heterocycles. The SMILES string of the molecule is CCCNC(c1cccc2c1OCCC2)C1CCOCC1. The van der Waals surface area contributed by atoms with Gasteiger partial charge in [0.25, 0.3) is 0 Å². The Morgan fingerprint density at radius 3 is 2.90 bits per heavy atom. The summed E-state index contributed by atoms with van der Waals surface area (Å²) in [5.41, 5.74) is 2.75. The lowest BCUT2D eigenvalue weighted by Crippen LogP contribution is -2.33. The second kappa shape index (κ2) is 7.28. The van der Waals surface area contributed by atoms with Gasteiger partial charge in [-0.05, 0) is 50.1 Å². The maximum absolute atomic E-state index is 6.04. The largest absolute Gasteiger partial charge is 0.493 e. The number of ether oxygens (including phenoxy) is 2. The molecule has 0 amide bonds. The second-order valence-electron chi connectivity index (χ2n) is 6.17. The molecule has 3 nitrogen and oxygen atoms in total. The summed E-state index contributed by atoms with van der Waals surface area (Å²) in [7, 11) is 0. The van der Waals surface area contributed by atoms with Crippen molar-refractivity contribution in [3.05, 3.63) is 29.3 Å². The molecular weight excluding hydrogens is 262 g/mol. The minimum Gasteiger partial charge on any atom is -0.493 e. The molecule has 2 aliphatic rings. The van der Waals surface area contributed by atoms with Gasteiger partial charge in [-0.25, -0.2) is 0 Å². The molecule has 0 bridgehead atoms. The molecule has 0 aliphatic carbocycles. The molecule has 3 heteroatoms. The average molecular weight is 289 g/mol. The Labute approximate surface area is 128 Å². The Hall–Kier alpha value is -1.06. The second-order valence-corrected chi connectivity index (χ2v) is 6.17. The van der Waals surface area contributed by atoms with Crippen molar-refractivity contribution in [3.8, 4) is 5.75 Å². The monoisotopic (exact) mass is 289 g/mol. The van der Waals surface area contributed by atoms with E-state index < -0.39 is 0 Å². The smallest absolute Gasteiger partial charge is 0.127 e. The van der Waals surface area contributed by atoms with Crippen molar-refractivity contribution in [3.63, 3.8) is 0 Å². The number of para-hydroxylation sites is 1. The first-order chi connectivity index (χ1) is 10.4. The maximum Gasteiger partial charge on any atom is 0.127 e. The van der Waals surface area contributed by atoms with E-state index in [9.17, 15) is 0 Å². The number of benzene rings is 1. The van der Waals surface area contributed by atoms with Crippen molar-refractivity contribution in [2.75, 3.05) is 26.4 Å². The highest BCUT2D eigenvalue weighted by atomic mass is 16.5. The van der Waals surface area contributed by atoms with E-state index in [-0.39, 0.29) is 0 Å². The Kier molecular flexibility index (Phi) is 5.15. The summed E-state index contributed by atoms with van der Waals surface area (Å²) < 4.78 is 11.6. The lowest BCUT2D eigenvalue weighted by Gasteiger charge is -2.33. The topological polar surface area (TPSA) is 30.5 Å². The summed E-state index contributed by atoms with van der Waals surface area (Å²) in [6, 6.07) is 7.08. The Bertz CT molecular complexity index is 455. The molecule has 2 heterocycles. The minimum atomic E-state index is 0.405.